The molecular weight excluding hydrogens is 422 g/mol. The summed E-state index contributed by atoms with van der Waals surface area (Å²) in [7, 11) is 2.98. The summed E-state index contributed by atoms with van der Waals surface area (Å²) in [6.45, 7) is -0.466. The first-order valence-electron chi connectivity index (χ1n) is 10.3. The highest BCUT2D eigenvalue weighted by molar-refractivity contribution is 6.12. The first-order chi connectivity index (χ1) is 16.0. The van der Waals surface area contributed by atoms with Gasteiger partial charge in [-0.1, -0.05) is 60.7 Å². The Kier molecular flexibility index (Phi) is 5.99. The van der Waals surface area contributed by atoms with Crippen molar-refractivity contribution in [1.29, 1.82) is 0 Å². The van der Waals surface area contributed by atoms with Crippen molar-refractivity contribution in [3.63, 3.8) is 0 Å². The molecule has 0 radical (unpaired) electrons. The van der Waals surface area contributed by atoms with Gasteiger partial charge in [0.2, 0.25) is 5.91 Å². The number of methoxy groups -OCH3 is 2. The van der Waals surface area contributed by atoms with Gasteiger partial charge >= 0.3 is 6.03 Å². The number of amides is 4. The summed E-state index contributed by atoms with van der Waals surface area (Å²) in [5.74, 6) is -0.142. The topological polar surface area (TPSA) is 97.0 Å². The summed E-state index contributed by atoms with van der Waals surface area (Å²) in [4.78, 5) is 40.3. The van der Waals surface area contributed by atoms with Crippen molar-refractivity contribution in [2.75, 3.05) is 26.1 Å². The third kappa shape index (κ3) is 3.98. The minimum absolute atomic E-state index is 0.367. The first kappa shape index (κ1) is 21.9. The molecule has 0 bridgehead atoms. The van der Waals surface area contributed by atoms with E-state index in [9.17, 15) is 14.4 Å². The summed E-state index contributed by atoms with van der Waals surface area (Å²) in [5, 5.41) is 5.52. The lowest BCUT2D eigenvalue weighted by Crippen LogP contribution is -2.45. The molecule has 3 aromatic carbocycles. The SMILES string of the molecule is COc1ccc(OC)c(NC(=O)CN2C(=O)NC(c3ccccc3)(c3ccccc3)C2=O)c1. The van der Waals surface area contributed by atoms with Crippen molar-refractivity contribution >= 4 is 23.5 Å². The maximum atomic E-state index is 13.7. The van der Waals surface area contributed by atoms with Crippen molar-refractivity contribution in [3.8, 4) is 11.5 Å². The van der Waals surface area contributed by atoms with Crippen LogP contribution in [0, 0.1) is 0 Å². The van der Waals surface area contributed by atoms with E-state index < -0.39 is 29.9 Å². The lowest BCUT2D eigenvalue weighted by atomic mass is 9.82. The Hall–Kier alpha value is -4.33. The quantitative estimate of drug-likeness (QED) is 0.545. The molecule has 4 amide bonds. The van der Waals surface area contributed by atoms with E-state index in [1.54, 1.807) is 66.7 Å². The number of urea groups is 1. The highest BCUT2D eigenvalue weighted by Crippen LogP contribution is 2.36. The van der Waals surface area contributed by atoms with E-state index >= 15 is 0 Å². The van der Waals surface area contributed by atoms with Gasteiger partial charge in [0.05, 0.1) is 19.9 Å². The molecule has 1 aliphatic heterocycles. The number of carbonyl (C=O) groups excluding carboxylic acids is 3. The van der Waals surface area contributed by atoms with Gasteiger partial charge in [-0.3, -0.25) is 14.5 Å². The lowest BCUT2D eigenvalue weighted by Gasteiger charge is -2.28. The van der Waals surface area contributed by atoms with Crippen LogP contribution < -0.4 is 20.1 Å². The molecule has 0 unspecified atom stereocenters. The maximum Gasteiger partial charge on any atom is 0.326 e. The number of imide groups is 1. The van der Waals surface area contributed by atoms with Crippen LogP contribution >= 0.6 is 0 Å². The van der Waals surface area contributed by atoms with Crippen molar-refractivity contribution in [2.24, 2.45) is 0 Å². The zero-order chi connectivity index (χ0) is 23.4. The first-order valence-corrected chi connectivity index (χ1v) is 10.3. The van der Waals surface area contributed by atoms with E-state index in [1.165, 1.54) is 14.2 Å². The van der Waals surface area contributed by atoms with Gasteiger partial charge in [0.25, 0.3) is 5.91 Å². The van der Waals surface area contributed by atoms with Crippen molar-refractivity contribution in [3.05, 3.63) is 90.0 Å². The number of nitrogens with one attached hydrogen (secondary N) is 2. The Labute approximate surface area is 191 Å². The molecule has 8 heteroatoms. The molecular formula is C25H23N3O5. The number of ether oxygens (including phenoxy) is 2. The molecule has 1 fully saturated rings. The van der Waals surface area contributed by atoms with Crippen LogP contribution in [-0.4, -0.2) is 43.5 Å². The summed E-state index contributed by atoms with van der Waals surface area (Å²) >= 11 is 0. The Morgan fingerprint density at radius 2 is 1.52 bits per heavy atom. The molecule has 8 nitrogen and oxygen atoms in total. The van der Waals surface area contributed by atoms with E-state index in [0.29, 0.717) is 28.3 Å². The Bertz CT molecular complexity index is 1140. The van der Waals surface area contributed by atoms with Crippen molar-refractivity contribution < 1.29 is 23.9 Å². The average molecular weight is 445 g/mol. The van der Waals surface area contributed by atoms with E-state index in [4.69, 9.17) is 9.47 Å². The monoisotopic (exact) mass is 445 g/mol. The standard InChI is InChI=1S/C25H23N3O5/c1-32-19-13-14-21(33-2)20(15-19)26-22(29)16-28-23(30)25(27-24(28)31,17-9-5-3-6-10-17)18-11-7-4-8-12-18/h3-15H,16H2,1-2H3,(H,26,29)(H,27,31). The molecule has 1 saturated heterocycles. The lowest BCUT2D eigenvalue weighted by molar-refractivity contribution is -0.133. The maximum absolute atomic E-state index is 13.7. The second kappa shape index (κ2) is 9.04. The summed E-state index contributed by atoms with van der Waals surface area (Å²) in [5.41, 5.74) is 0.151. The molecule has 168 valence electrons. The highest BCUT2D eigenvalue weighted by atomic mass is 16.5. The van der Waals surface area contributed by atoms with Gasteiger partial charge in [-0.05, 0) is 23.3 Å². The van der Waals surface area contributed by atoms with Crippen LogP contribution in [0.2, 0.25) is 0 Å². The molecule has 2 N–H and O–H groups in total. The largest absolute Gasteiger partial charge is 0.497 e. The van der Waals surface area contributed by atoms with E-state index in [1.807, 2.05) is 12.1 Å². The number of nitrogens with zero attached hydrogens (tertiary/aromatic N) is 1. The summed E-state index contributed by atoms with van der Waals surface area (Å²) in [6.07, 6.45) is 0. The fourth-order valence-electron chi connectivity index (χ4n) is 3.90. The molecule has 1 heterocycles. The number of hydrogen-bond acceptors (Lipinski definition) is 5. The molecule has 3 aromatic rings. The van der Waals surface area contributed by atoms with E-state index in [2.05, 4.69) is 10.6 Å². The van der Waals surface area contributed by atoms with Gasteiger partial charge in [-0.2, -0.15) is 0 Å². The third-order valence-corrected chi connectivity index (χ3v) is 5.50. The van der Waals surface area contributed by atoms with Gasteiger partial charge in [-0.15, -0.1) is 0 Å². The number of carbonyl (C=O) groups is 3. The Morgan fingerprint density at radius 3 is 2.06 bits per heavy atom. The van der Waals surface area contributed by atoms with E-state index in [-0.39, 0.29) is 0 Å². The van der Waals surface area contributed by atoms with Crippen LogP contribution in [0.25, 0.3) is 0 Å². The van der Waals surface area contributed by atoms with E-state index in [0.717, 1.165) is 4.90 Å². The van der Waals surface area contributed by atoms with Crippen molar-refractivity contribution in [2.45, 2.75) is 5.54 Å². The molecule has 0 aliphatic carbocycles. The van der Waals surface area contributed by atoms with Crippen LogP contribution in [0.1, 0.15) is 11.1 Å². The molecule has 0 aromatic heterocycles. The Balaban J connectivity index is 1.63. The van der Waals surface area contributed by atoms with Crippen LogP contribution in [-0.2, 0) is 15.1 Å². The fraction of sp³-hybridized carbons (Fsp3) is 0.160. The van der Waals surface area contributed by atoms with Crippen LogP contribution in [0.15, 0.2) is 78.9 Å². The van der Waals surface area contributed by atoms with Crippen LogP contribution in [0.4, 0.5) is 10.5 Å². The third-order valence-electron chi connectivity index (χ3n) is 5.50. The zero-order valence-electron chi connectivity index (χ0n) is 18.2. The smallest absolute Gasteiger partial charge is 0.326 e. The fourth-order valence-corrected chi connectivity index (χ4v) is 3.90. The normalized spacial score (nSPS) is 14.5. The van der Waals surface area contributed by atoms with Gasteiger partial charge in [-0.25, -0.2) is 4.79 Å². The van der Waals surface area contributed by atoms with Crippen LogP contribution in [0.5, 0.6) is 11.5 Å². The molecule has 33 heavy (non-hydrogen) atoms. The van der Waals surface area contributed by atoms with Gasteiger partial charge < -0.3 is 20.1 Å². The number of anilines is 1. The molecule has 0 atom stereocenters. The summed E-state index contributed by atoms with van der Waals surface area (Å²) < 4.78 is 10.5. The average Bonchev–Trinajstić information content (AvgIpc) is 3.10. The molecule has 0 spiro atoms. The molecule has 1 aliphatic rings. The molecule has 0 saturated carbocycles. The van der Waals surface area contributed by atoms with Gasteiger partial charge in [0.1, 0.15) is 18.0 Å². The van der Waals surface area contributed by atoms with Gasteiger partial charge in [0.15, 0.2) is 5.54 Å². The zero-order valence-corrected chi connectivity index (χ0v) is 18.2. The minimum atomic E-state index is -1.42. The second-order valence-corrected chi connectivity index (χ2v) is 7.42. The number of benzene rings is 3. The van der Waals surface area contributed by atoms with Gasteiger partial charge in [0, 0.05) is 6.07 Å². The molecule has 4 rings (SSSR count). The van der Waals surface area contributed by atoms with Crippen LogP contribution in [0.3, 0.4) is 0 Å². The predicted octanol–water partition coefficient (Wildman–Crippen LogP) is 3.14. The Morgan fingerprint density at radius 1 is 0.909 bits per heavy atom. The summed E-state index contributed by atoms with van der Waals surface area (Å²) in [6, 6.07) is 22.2. The van der Waals surface area contributed by atoms with Crippen molar-refractivity contribution in [1.82, 2.24) is 10.2 Å². The minimum Gasteiger partial charge on any atom is -0.497 e. The predicted molar refractivity (Wildman–Crippen MR) is 122 cm³/mol. The number of hydrogen-bond donors (Lipinski definition) is 2. The highest BCUT2D eigenvalue weighted by Gasteiger charge is 2.54. The number of rotatable bonds is 7. The second-order valence-electron chi connectivity index (χ2n) is 7.42.